The number of carbonyl (C=O) groups is 3. The predicted molar refractivity (Wildman–Crippen MR) is 238 cm³/mol. The molecule has 3 aromatic carbocycles. The largest absolute Gasteiger partial charge is 0.493 e. The van der Waals surface area contributed by atoms with Crippen LogP contribution in [0.2, 0.25) is 5.02 Å². The fourth-order valence-corrected chi connectivity index (χ4v) is 10.0. The Kier molecular flexibility index (Phi) is 13.1. The van der Waals surface area contributed by atoms with Gasteiger partial charge in [0.05, 0.1) is 39.9 Å². The van der Waals surface area contributed by atoms with E-state index < -0.39 is 34.4 Å². The Labute approximate surface area is 379 Å². The van der Waals surface area contributed by atoms with Crippen LogP contribution in [0.25, 0.3) is 10.9 Å². The normalized spacial score (nSPS) is 19.3. The number of methoxy groups -OCH3 is 1. The number of ether oxygens (including phenoxy) is 2. The summed E-state index contributed by atoms with van der Waals surface area (Å²) in [6.45, 7) is 7.63. The number of nitrogens with zero attached hydrogens (tertiary/aromatic N) is 6. The Hall–Kier alpha value is -5.75. The summed E-state index contributed by atoms with van der Waals surface area (Å²) in [6.07, 6.45) is 3.38. The van der Waals surface area contributed by atoms with Crippen LogP contribution >= 0.6 is 11.6 Å². The summed E-state index contributed by atoms with van der Waals surface area (Å²) in [5, 5.41) is 17.9. The molecule has 1 atom stereocenters. The first-order valence-corrected chi connectivity index (χ1v) is 22.4. The average molecular weight is 921 g/mol. The Morgan fingerprint density at radius 2 is 1.71 bits per heavy atom. The number of halogens is 4. The summed E-state index contributed by atoms with van der Waals surface area (Å²) >= 11 is 6.43. The smallest absolute Gasteiger partial charge is 0.416 e. The molecule has 1 aliphatic carbocycles. The van der Waals surface area contributed by atoms with Crippen LogP contribution in [0, 0.1) is 28.4 Å². The van der Waals surface area contributed by atoms with Crippen molar-refractivity contribution < 1.29 is 42.0 Å². The Bertz CT molecular complexity index is 2480. The van der Waals surface area contributed by atoms with Crippen LogP contribution in [0.3, 0.4) is 0 Å². The van der Waals surface area contributed by atoms with Gasteiger partial charge in [-0.25, -0.2) is 14.8 Å². The van der Waals surface area contributed by atoms with Crippen molar-refractivity contribution in [2.24, 2.45) is 11.3 Å². The van der Waals surface area contributed by atoms with Gasteiger partial charge in [-0.15, -0.1) is 0 Å². The van der Waals surface area contributed by atoms with Crippen LogP contribution < -0.4 is 25.0 Å². The molecule has 4 heterocycles. The maximum absolute atomic E-state index is 13.7. The number of imide groups is 1. The first-order chi connectivity index (χ1) is 31.0. The molecule has 4 fully saturated rings. The molecule has 1 aromatic heterocycles. The van der Waals surface area contributed by atoms with E-state index in [1.54, 1.807) is 51.3 Å². The number of likely N-dealkylation sites (tertiary alicyclic amines) is 2. The lowest BCUT2D eigenvalue weighted by molar-refractivity contribution is -0.385. The maximum Gasteiger partial charge on any atom is 0.416 e. The third kappa shape index (κ3) is 10.2. The van der Waals surface area contributed by atoms with Crippen LogP contribution in [0.15, 0.2) is 48.5 Å². The molecule has 0 bridgehead atoms. The van der Waals surface area contributed by atoms with Crippen molar-refractivity contribution in [2.45, 2.75) is 90.0 Å². The number of nitro benzene ring substituents is 1. The molecule has 4 amide bonds. The van der Waals surface area contributed by atoms with Crippen molar-refractivity contribution in [1.29, 1.82) is 0 Å². The minimum Gasteiger partial charge on any atom is -0.493 e. The van der Waals surface area contributed by atoms with Crippen LogP contribution in [0.1, 0.15) is 98.1 Å². The quantitative estimate of drug-likeness (QED) is 0.109. The van der Waals surface area contributed by atoms with Crippen molar-refractivity contribution in [1.82, 2.24) is 25.1 Å². The predicted octanol–water partition coefficient (Wildman–Crippen LogP) is 9.10. The van der Waals surface area contributed by atoms with E-state index in [-0.39, 0.29) is 41.9 Å². The molecule has 15 nitrogen and oxygen atoms in total. The van der Waals surface area contributed by atoms with Crippen molar-refractivity contribution in [3.8, 4) is 11.5 Å². The van der Waals surface area contributed by atoms with E-state index in [1.807, 2.05) is 4.90 Å². The number of anilines is 2. The summed E-state index contributed by atoms with van der Waals surface area (Å²) < 4.78 is 53.3. The highest BCUT2D eigenvalue weighted by Crippen LogP contribution is 2.47. The molecule has 4 aliphatic rings. The van der Waals surface area contributed by atoms with Crippen LogP contribution in [-0.2, 0) is 11.0 Å². The number of carbonyl (C=O) groups excluding carboxylic acids is 3. The Morgan fingerprint density at radius 3 is 2.37 bits per heavy atom. The van der Waals surface area contributed by atoms with E-state index in [2.05, 4.69) is 25.5 Å². The minimum absolute atomic E-state index is 0.0780. The topological polar surface area (TPSA) is 172 Å². The molecule has 2 N–H and O–H groups in total. The van der Waals surface area contributed by atoms with Crippen molar-refractivity contribution in [2.75, 3.05) is 56.6 Å². The van der Waals surface area contributed by atoms with Crippen molar-refractivity contribution in [3.63, 3.8) is 0 Å². The van der Waals surface area contributed by atoms with E-state index in [4.69, 9.17) is 21.1 Å². The van der Waals surface area contributed by atoms with E-state index in [0.29, 0.717) is 75.4 Å². The van der Waals surface area contributed by atoms with E-state index in [1.165, 1.54) is 4.90 Å². The molecule has 0 radical (unpaired) electrons. The summed E-state index contributed by atoms with van der Waals surface area (Å²) in [7, 11) is 1.55. The lowest BCUT2D eigenvalue weighted by Crippen LogP contribution is -2.49. The number of fused-ring (bicyclic) bond motifs is 1. The number of aromatic nitrogens is 2. The van der Waals surface area contributed by atoms with Gasteiger partial charge in [-0.2, -0.15) is 13.2 Å². The number of piperidine rings is 2. The number of rotatable bonds is 11. The monoisotopic (exact) mass is 920 g/mol. The molecule has 65 heavy (non-hydrogen) atoms. The van der Waals surface area contributed by atoms with Gasteiger partial charge in [-0.3, -0.25) is 29.9 Å². The zero-order valence-corrected chi connectivity index (χ0v) is 37.3. The van der Waals surface area contributed by atoms with Gasteiger partial charge in [-0.1, -0.05) is 11.6 Å². The molecule has 1 spiro atoms. The number of nitrogens with one attached hydrogen (secondary N) is 2. The molecule has 19 heteroatoms. The third-order valence-corrected chi connectivity index (χ3v) is 13.9. The highest BCUT2D eigenvalue weighted by Gasteiger charge is 2.40. The highest BCUT2D eigenvalue weighted by atomic mass is 35.5. The van der Waals surface area contributed by atoms with Gasteiger partial charge in [0.1, 0.15) is 17.7 Å². The molecule has 0 unspecified atom stereocenters. The third-order valence-electron chi connectivity index (χ3n) is 13.6. The van der Waals surface area contributed by atoms with E-state index in [0.717, 1.165) is 83.1 Å². The summed E-state index contributed by atoms with van der Waals surface area (Å²) in [4.78, 5) is 63.4. The van der Waals surface area contributed by atoms with Crippen LogP contribution in [0.4, 0.5) is 35.2 Å². The molecular formula is C46H52ClF3N8O7. The van der Waals surface area contributed by atoms with E-state index >= 15 is 0 Å². The maximum atomic E-state index is 13.7. The summed E-state index contributed by atoms with van der Waals surface area (Å²) in [5.74, 6) is 1.89. The van der Waals surface area contributed by atoms with Gasteiger partial charge in [0, 0.05) is 74.8 Å². The second-order valence-electron chi connectivity index (χ2n) is 17.8. The van der Waals surface area contributed by atoms with Gasteiger partial charge in [0.15, 0.2) is 11.5 Å². The SMILES string of the molecule is COc1cc2nc(C)nc(N[C@H](C)c3cc([N+](=O)[O-])cc(C(F)(F)F)c3)c2cc1OC1CCN(CC2CCC3(CC2)CCN(C(=O)c2ccc(Cl)c(N4CCC(=O)NC4=O)c2)CC3)CC1. The number of benzene rings is 3. The second kappa shape index (κ2) is 18.6. The molecule has 3 aliphatic heterocycles. The van der Waals surface area contributed by atoms with Crippen molar-refractivity contribution in [3.05, 3.63) is 86.2 Å². The van der Waals surface area contributed by atoms with Gasteiger partial charge in [0.2, 0.25) is 5.91 Å². The fourth-order valence-electron chi connectivity index (χ4n) is 9.80. The molecule has 1 saturated carbocycles. The number of aryl methyl sites for hydroxylation is 1. The highest BCUT2D eigenvalue weighted by molar-refractivity contribution is 6.34. The zero-order chi connectivity index (χ0) is 46.2. The second-order valence-corrected chi connectivity index (χ2v) is 18.3. The van der Waals surface area contributed by atoms with Crippen LogP contribution in [-0.4, -0.2) is 95.0 Å². The van der Waals surface area contributed by atoms with Crippen molar-refractivity contribution >= 4 is 57.5 Å². The fraction of sp³-hybridized carbons (Fsp3) is 0.500. The number of urea groups is 1. The lowest BCUT2D eigenvalue weighted by Gasteiger charge is -2.47. The minimum atomic E-state index is -4.77. The zero-order valence-electron chi connectivity index (χ0n) is 36.5. The van der Waals surface area contributed by atoms with Gasteiger partial charge in [-0.05, 0) is 112 Å². The number of non-ortho nitro benzene ring substituents is 1. The first kappa shape index (κ1) is 45.8. The molecule has 3 saturated heterocycles. The average Bonchev–Trinajstić information content (AvgIpc) is 3.27. The molecule has 346 valence electrons. The van der Waals surface area contributed by atoms with Gasteiger partial charge < -0.3 is 24.6 Å². The summed E-state index contributed by atoms with van der Waals surface area (Å²) in [5.41, 5.74) is -0.0428. The van der Waals surface area contributed by atoms with E-state index in [9.17, 15) is 37.7 Å². The van der Waals surface area contributed by atoms with Crippen LogP contribution in [0.5, 0.6) is 11.5 Å². The standard InChI is InChI=1S/C46H52ClF3N8O7/c1-27(31-20-32(46(48,49)50)23-33(21-31)58(62)63)51-42-35-24-40(39(64-3)25-37(35)52-28(2)53-42)65-34-8-15-55(16-9-34)26-29-6-11-45(12-7-29)13-18-56(19-14-45)43(60)30-4-5-36(47)38(22-30)57-17-10-41(59)54-44(57)61/h4-5,20-25,27,29,34H,6-19,26H2,1-3H3,(H,51,52,53)(H,54,59,61)/t27-/m1/s1. The number of hydrogen-bond donors (Lipinski definition) is 2. The Morgan fingerprint density at radius 1 is 0.985 bits per heavy atom. The van der Waals surface area contributed by atoms with Gasteiger partial charge >= 0.3 is 12.2 Å². The Balaban J connectivity index is 0.837. The summed E-state index contributed by atoms with van der Waals surface area (Å²) in [6, 6.07) is 9.71. The first-order valence-electron chi connectivity index (χ1n) is 22.1. The van der Waals surface area contributed by atoms with Gasteiger partial charge in [0.25, 0.3) is 11.6 Å². The molecule has 4 aromatic rings. The number of amides is 4. The lowest BCUT2D eigenvalue weighted by atomic mass is 9.65. The number of hydrogen-bond acceptors (Lipinski definition) is 11. The number of nitro groups is 1. The molecular weight excluding hydrogens is 869 g/mol. The number of alkyl halides is 3. The molecule has 8 rings (SSSR count).